The van der Waals surface area contributed by atoms with Gasteiger partial charge in [0.2, 0.25) is 0 Å². The lowest BCUT2D eigenvalue weighted by Crippen LogP contribution is -2.47. The zero-order chi connectivity index (χ0) is 21.0. The average Bonchev–Trinajstić information content (AvgIpc) is 3.08. The van der Waals surface area contributed by atoms with Crippen molar-refractivity contribution in [2.24, 2.45) is 0 Å². The molecule has 0 amide bonds. The minimum Gasteiger partial charge on any atom is -0.482 e. The smallest absolute Gasteiger partial charge is 0.401 e. The van der Waals surface area contributed by atoms with Crippen molar-refractivity contribution in [3.05, 3.63) is 48.5 Å². The molecule has 3 heterocycles. The van der Waals surface area contributed by atoms with Crippen LogP contribution in [0.1, 0.15) is 39.2 Å². The molecule has 1 aromatic carbocycles. The first-order valence-electron chi connectivity index (χ1n) is 9.57. The number of rotatable bonds is 3. The second kappa shape index (κ2) is 6.72. The third-order valence-electron chi connectivity index (χ3n) is 5.30. The molecule has 0 atom stereocenters. The lowest BCUT2D eigenvalue weighted by Gasteiger charge is -2.45. The van der Waals surface area contributed by atoms with Gasteiger partial charge in [0, 0.05) is 53.0 Å². The van der Waals surface area contributed by atoms with Gasteiger partial charge in [-0.2, -0.15) is 18.6 Å². The quantitative estimate of drug-likeness (QED) is 0.446. The molecular formula is C21H24BrF2N3O2. The maximum Gasteiger partial charge on any atom is 0.401 e. The highest BCUT2D eigenvalue weighted by molar-refractivity contribution is 9.09. The number of halogens is 3. The van der Waals surface area contributed by atoms with Crippen LogP contribution in [0.4, 0.5) is 8.78 Å². The Morgan fingerprint density at radius 1 is 1.24 bits per heavy atom. The third-order valence-corrected chi connectivity index (χ3v) is 5.63. The summed E-state index contributed by atoms with van der Waals surface area (Å²) in [5, 5.41) is 4.00. The molecule has 0 radical (unpaired) electrons. The normalized spacial score (nSPS) is 18.1. The van der Waals surface area contributed by atoms with Crippen molar-refractivity contribution in [2.75, 3.05) is 13.1 Å². The van der Waals surface area contributed by atoms with Gasteiger partial charge < -0.3 is 14.4 Å². The molecule has 0 N–H and O–H groups in total. The van der Waals surface area contributed by atoms with Crippen LogP contribution in [-0.2, 0) is 15.3 Å². The number of nitrogens with zero attached hydrogens (tertiary/aromatic N) is 3. The Morgan fingerprint density at radius 3 is 2.52 bits per heavy atom. The lowest BCUT2D eigenvalue weighted by molar-refractivity contribution is -0.0414. The number of hydrogen-bond acceptors (Lipinski definition) is 4. The Hall–Kier alpha value is -2.09. The van der Waals surface area contributed by atoms with Gasteiger partial charge in [0.15, 0.2) is 5.88 Å². The number of likely N-dealkylation sites (tertiary alicyclic amines) is 1. The summed E-state index contributed by atoms with van der Waals surface area (Å²) in [5.41, 5.74) is 0.665. The fourth-order valence-electron chi connectivity index (χ4n) is 4.06. The van der Waals surface area contributed by atoms with Crippen molar-refractivity contribution in [1.82, 2.24) is 14.7 Å². The van der Waals surface area contributed by atoms with Crippen LogP contribution >= 0.6 is 15.9 Å². The molecule has 2 aromatic rings. The van der Waals surface area contributed by atoms with E-state index in [4.69, 9.17) is 9.47 Å². The molecule has 29 heavy (non-hydrogen) atoms. The van der Waals surface area contributed by atoms with Gasteiger partial charge in [0.25, 0.3) is 0 Å². The Labute approximate surface area is 177 Å². The van der Waals surface area contributed by atoms with Crippen LogP contribution in [-0.4, -0.2) is 33.4 Å². The number of ether oxygens (including phenoxy) is 2. The largest absolute Gasteiger partial charge is 0.482 e. The number of fused-ring (bicyclic) bond motifs is 4. The van der Waals surface area contributed by atoms with Crippen molar-refractivity contribution in [3.63, 3.8) is 0 Å². The first kappa shape index (κ1) is 20.2. The van der Waals surface area contributed by atoms with Gasteiger partial charge in [-0.1, -0.05) is 12.1 Å². The number of alkyl halides is 3. The zero-order valence-electron chi connectivity index (χ0n) is 16.7. The first-order valence-corrected chi connectivity index (χ1v) is 10.4. The summed E-state index contributed by atoms with van der Waals surface area (Å²) in [5.74, 6) is 1.21. The lowest BCUT2D eigenvalue weighted by atomic mass is 9.81. The maximum absolute atomic E-state index is 14.2. The van der Waals surface area contributed by atoms with Gasteiger partial charge in [-0.15, -0.1) is 0 Å². The van der Waals surface area contributed by atoms with Gasteiger partial charge in [-0.05, 0) is 39.5 Å². The molecule has 0 aliphatic carbocycles. The van der Waals surface area contributed by atoms with Gasteiger partial charge >= 0.3 is 4.96 Å². The van der Waals surface area contributed by atoms with E-state index in [-0.39, 0.29) is 5.60 Å². The van der Waals surface area contributed by atoms with E-state index in [1.807, 2.05) is 39.0 Å². The third kappa shape index (κ3) is 3.63. The Morgan fingerprint density at radius 2 is 1.90 bits per heavy atom. The molecule has 4 rings (SSSR count). The Bertz CT molecular complexity index is 938. The molecule has 0 unspecified atom stereocenters. The number of piperidine rings is 1. The van der Waals surface area contributed by atoms with Gasteiger partial charge in [0.05, 0.1) is 11.9 Å². The van der Waals surface area contributed by atoms with E-state index in [1.165, 1.54) is 6.20 Å². The van der Waals surface area contributed by atoms with Crippen molar-refractivity contribution in [1.29, 1.82) is 0 Å². The molecule has 1 spiro atoms. The summed E-state index contributed by atoms with van der Waals surface area (Å²) in [6, 6.07) is 7.26. The number of benzene rings is 1. The summed E-state index contributed by atoms with van der Waals surface area (Å²) >= 11 is 2.46. The van der Waals surface area contributed by atoms with Crippen LogP contribution in [0.2, 0.25) is 0 Å². The summed E-state index contributed by atoms with van der Waals surface area (Å²) < 4.78 is 41.4. The van der Waals surface area contributed by atoms with E-state index in [2.05, 4.69) is 32.5 Å². The molecule has 2 aliphatic rings. The molecular weight excluding hydrogens is 444 g/mol. The first-order chi connectivity index (χ1) is 13.5. The number of aromatic nitrogens is 2. The molecule has 8 heteroatoms. The molecule has 0 saturated carbocycles. The van der Waals surface area contributed by atoms with E-state index in [1.54, 1.807) is 6.07 Å². The van der Waals surface area contributed by atoms with E-state index in [0.717, 1.165) is 4.68 Å². The summed E-state index contributed by atoms with van der Waals surface area (Å²) in [6.07, 6.45) is 2.73. The predicted molar refractivity (Wildman–Crippen MR) is 110 cm³/mol. The molecule has 1 saturated heterocycles. The van der Waals surface area contributed by atoms with Crippen molar-refractivity contribution >= 4 is 15.9 Å². The topological polar surface area (TPSA) is 39.5 Å². The Balaban J connectivity index is 1.68. The minimum absolute atomic E-state index is 0.331. The van der Waals surface area contributed by atoms with E-state index >= 15 is 0 Å². The fraction of sp³-hybridized carbons (Fsp3) is 0.476. The zero-order valence-corrected chi connectivity index (χ0v) is 18.3. The Kier molecular flexibility index (Phi) is 4.68. The monoisotopic (exact) mass is 467 g/mol. The maximum atomic E-state index is 14.2. The van der Waals surface area contributed by atoms with Crippen molar-refractivity contribution in [2.45, 2.75) is 49.8 Å². The average molecular weight is 468 g/mol. The second-order valence-corrected chi connectivity index (χ2v) is 9.43. The summed E-state index contributed by atoms with van der Waals surface area (Å²) in [4.78, 5) is -1.22. The van der Waals surface area contributed by atoms with Crippen LogP contribution in [0.25, 0.3) is 11.3 Å². The predicted octanol–water partition coefficient (Wildman–Crippen LogP) is 5.42. The van der Waals surface area contributed by atoms with E-state index in [0.29, 0.717) is 54.4 Å². The molecule has 156 valence electrons. The standard InChI is InChI=1S/C21H24BrF2N3O2/c1-14(28-19(2,3)4)26-11-9-20(10-12-26)16-13-25-27(21(22,23)24)18(16)15-7-5-6-8-17(15)29-20/h5-8,13H,1,9-12H2,2-4H3. The highest BCUT2D eigenvalue weighted by atomic mass is 79.9. The molecule has 1 aromatic heterocycles. The van der Waals surface area contributed by atoms with E-state index in [9.17, 15) is 8.78 Å². The van der Waals surface area contributed by atoms with Crippen LogP contribution in [0.3, 0.4) is 0 Å². The number of hydrogen-bond donors (Lipinski definition) is 0. The van der Waals surface area contributed by atoms with Crippen LogP contribution in [0.15, 0.2) is 42.9 Å². The fourth-order valence-corrected chi connectivity index (χ4v) is 4.33. The van der Waals surface area contributed by atoms with Gasteiger partial charge in [0.1, 0.15) is 17.0 Å². The van der Waals surface area contributed by atoms with Crippen LogP contribution in [0, 0.1) is 0 Å². The van der Waals surface area contributed by atoms with Gasteiger partial charge in [-0.3, -0.25) is 0 Å². The molecule has 1 fully saturated rings. The van der Waals surface area contributed by atoms with Crippen LogP contribution < -0.4 is 4.74 Å². The highest BCUT2D eigenvalue weighted by Gasteiger charge is 2.48. The van der Waals surface area contributed by atoms with Gasteiger partial charge in [-0.25, -0.2) is 0 Å². The minimum atomic E-state index is -3.29. The summed E-state index contributed by atoms with van der Waals surface area (Å²) in [7, 11) is 0. The molecule has 5 nitrogen and oxygen atoms in total. The van der Waals surface area contributed by atoms with Crippen molar-refractivity contribution < 1.29 is 18.3 Å². The second-order valence-electron chi connectivity index (χ2n) is 8.47. The molecule has 0 bridgehead atoms. The summed E-state index contributed by atoms with van der Waals surface area (Å²) in [6.45, 7) is 11.3. The highest BCUT2D eigenvalue weighted by Crippen LogP contribution is 2.51. The number of para-hydroxylation sites is 1. The molecule has 2 aliphatic heterocycles. The SMILES string of the molecule is C=C(OC(C)(C)C)N1CCC2(CC1)Oc1ccccc1-c1c2cnn1C(F)(F)Br. The van der Waals surface area contributed by atoms with Crippen LogP contribution in [0.5, 0.6) is 5.75 Å². The van der Waals surface area contributed by atoms with Crippen molar-refractivity contribution in [3.8, 4) is 17.0 Å². The van der Waals surface area contributed by atoms with E-state index < -0.39 is 10.6 Å².